The Bertz CT molecular complexity index is 1670. The van der Waals surface area contributed by atoms with Crippen LogP contribution in [0, 0.1) is 5.92 Å². The van der Waals surface area contributed by atoms with Crippen molar-refractivity contribution >= 4 is 11.9 Å². The predicted molar refractivity (Wildman–Crippen MR) is 188 cm³/mol. The van der Waals surface area contributed by atoms with E-state index in [4.69, 9.17) is 4.74 Å². The molecule has 0 radical (unpaired) electrons. The molecule has 46 heavy (non-hydrogen) atoms. The summed E-state index contributed by atoms with van der Waals surface area (Å²) in [5.74, 6) is 1.83. The Hall–Kier alpha value is -4.84. The molecule has 6 nitrogen and oxygen atoms in total. The summed E-state index contributed by atoms with van der Waals surface area (Å²) in [7, 11) is 0. The van der Waals surface area contributed by atoms with E-state index in [1.54, 1.807) is 6.92 Å². The number of ether oxygens (including phenoxy) is 1. The summed E-state index contributed by atoms with van der Waals surface area (Å²) in [5.41, 5.74) is 7.78. The van der Waals surface area contributed by atoms with Crippen LogP contribution in [0.4, 0.5) is 0 Å². The zero-order chi connectivity index (χ0) is 32.9. The van der Waals surface area contributed by atoms with Crippen molar-refractivity contribution < 1.29 is 9.53 Å². The monoisotopic (exact) mass is 614 g/mol. The van der Waals surface area contributed by atoms with Gasteiger partial charge in [-0.15, -0.1) is 10.2 Å². The highest BCUT2D eigenvalue weighted by molar-refractivity contribution is 5.94. The topological polar surface area (TPSA) is 80.8 Å². The van der Waals surface area contributed by atoms with E-state index in [0.717, 1.165) is 47.3 Å². The molecule has 0 spiro atoms. The number of benzene rings is 4. The van der Waals surface area contributed by atoms with Crippen molar-refractivity contribution in [2.75, 3.05) is 0 Å². The number of nitrogens with one attached hydrogen (secondary N) is 1. The number of carbonyl (C=O) groups is 1. The fraction of sp³-hybridized carbons (Fsp3) is 0.300. The third-order valence-corrected chi connectivity index (χ3v) is 7.90. The molecule has 0 aliphatic rings. The van der Waals surface area contributed by atoms with E-state index in [1.165, 1.54) is 16.7 Å². The Labute approximate surface area is 273 Å². The van der Waals surface area contributed by atoms with Gasteiger partial charge in [0.15, 0.2) is 5.78 Å². The third kappa shape index (κ3) is 9.83. The van der Waals surface area contributed by atoms with Gasteiger partial charge in [0.1, 0.15) is 12.4 Å². The number of Topliss-reactive ketones (excluding diaryl/α,β-unsaturated/α-hetero) is 1. The molecule has 1 N–H and O–H groups in total. The SMILES string of the molecule is CC.CC(=O)c1ccc(CCC(/C=C/c2ccccc2OCc2ccc(C(C)(C)C)cc2)Cc2ccc(-c3nn[nH]n3)cc2)cc1. The van der Waals surface area contributed by atoms with Gasteiger partial charge in [0.05, 0.1) is 0 Å². The van der Waals surface area contributed by atoms with Crippen molar-refractivity contribution in [1.29, 1.82) is 0 Å². The van der Waals surface area contributed by atoms with Gasteiger partial charge >= 0.3 is 0 Å². The number of aromatic amines is 1. The highest BCUT2D eigenvalue weighted by Crippen LogP contribution is 2.26. The summed E-state index contributed by atoms with van der Waals surface area (Å²) < 4.78 is 6.31. The quantitative estimate of drug-likeness (QED) is 0.142. The summed E-state index contributed by atoms with van der Waals surface area (Å²) in [5, 5.41) is 14.3. The van der Waals surface area contributed by atoms with Gasteiger partial charge in [-0.2, -0.15) is 5.21 Å². The van der Waals surface area contributed by atoms with E-state index in [9.17, 15) is 4.79 Å². The number of aromatic nitrogens is 4. The standard InChI is InChI=1S/C38H40N4O2.C2H6/c1-27(43)32-18-11-28(12-19-32)9-10-29(25-30-14-21-34(22-15-30)37-39-41-42-40-37)13-20-33-7-5-6-8-36(33)44-26-31-16-23-35(24-17-31)38(2,3)4;1-2/h5-8,11-24,29H,9-10,25-26H2,1-4H3,(H,39,40,41,42);1-2H3/b20-13+;. The molecule has 0 aliphatic heterocycles. The van der Waals surface area contributed by atoms with Crippen LogP contribution >= 0.6 is 0 Å². The first-order valence-corrected chi connectivity index (χ1v) is 16.2. The maximum absolute atomic E-state index is 11.7. The Morgan fingerprint density at radius 2 is 1.50 bits per heavy atom. The normalized spacial score (nSPS) is 12.0. The number of rotatable bonds is 12. The smallest absolute Gasteiger partial charge is 0.204 e. The molecular weight excluding hydrogens is 568 g/mol. The van der Waals surface area contributed by atoms with E-state index in [0.29, 0.717) is 12.4 Å². The lowest BCUT2D eigenvalue weighted by Gasteiger charge is -2.19. The van der Waals surface area contributed by atoms with Crippen LogP contribution in [0.3, 0.4) is 0 Å². The average molecular weight is 615 g/mol. The minimum Gasteiger partial charge on any atom is -0.488 e. The fourth-order valence-corrected chi connectivity index (χ4v) is 5.15. The second-order valence-electron chi connectivity index (χ2n) is 12.3. The Morgan fingerprint density at radius 3 is 2.13 bits per heavy atom. The Morgan fingerprint density at radius 1 is 0.848 bits per heavy atom. The van der Waals surface area contributed by atoms with Gasteiger partial charge in [0.25, 0.3) is 0 Å². The molecule has 6 heteroatoms. The van der Waals surface area contributed by atoms with Crippen LogP contribution < -0.4 is 4.74 Å². The number of para-hydroxylation sites is 1. The number of carbonyl (C=O) groups excluding carboxylic acids is 1. The first-order valence-electron chi connectivity index (χ1n) is 16.2. The van der Waals surface area contributed by atoms with Crippen molar-refractivity contribution in [3.05, 3.63) is 137 Å². The summed E-state index contributed by atoms with van der Waals surface area (Å²) >= 11 is 0. The number of allylic oxidation sites excluding steroid dienone is 1. The van der Waals surface area contributed by atoms with Gasteiger partial charge in [-0.1, -0.05) is 138 Å². The number of H-pyrrole nitrogens is 1. The first-order chi connectivity index (χ1) is 22.2. The molecule has 5 rings (SSSR count). The highest BCUT2D eigenvalue weighted by atomic mass is 16.5. The largest absolute Gasteiger partial charge is 0.488 e. The van der Waals surface area contributed by atoms with Crippen molar-refractivity contribution in [2.45, 2.75) is 72.8 Å². The average Bonchev–Trinajstić information content (AvgIpc) is 3.62. The van der Waals surface area contributed by atoms with E-state index in [-0.39, 0.29) is 17.1 Å². The van der Waals surface area contributed by atoms with Crippen LogP contribution in [0.1, 0.15) is 86.1 Å². The third-order valence-electron chi connectivity index (χ3n) is 7.90. The minimum absolute atomic E-state index is 0.0874. The molecule has 0 saturated heterocycles. The van der Waals surface area contributed by atoms with Crippen LogP contribution in [0.5, 0.6) is 5.75 Å². The molecule has 0 amide bonds. The lowest BCUT2D eigenvalue weighted by molar-refractivity contribution is 0.101. The second-order valence-corrected chi connectivity index (χ2v) is 12.3. The lowest BCUT2D eigenvalue weighted by Crippen LogP contribution is -2.10. The number of nitrogens with zero attached hydrogens (tertiary/aromatic N) is 3. The summed E-state index contributed by atoms with van der Waals surface area (Å²) in [6, 6.07) is 33.2. The molecular formula is C40H46N4O2. The van der Waals surface area contributed by atoms with Gasteiger partial charge in [-0.3, -0.25) is 4.79 Å². The van der Waals surface area contributed by atoms with Gasteiger partial charge in [-0.25, -0.2) is 0 Å². The molecule has 0 fully saturated rings. The molecule has 1 aromatic heterocycles. The minimum atomic E-state index is 0.0874. The lowest BCUT2D eigenvalue weighted by atomic mass is 9.87. The number of aryl methyl sites for hydroxylation is 1. The van der Waals surface area contributed by atoms with Gasteiger partial charge in [0.2, 0.25) is 5.82 Å². The van der Waals surface area contributed by atoms with Crippen LogP contribution in [-0.2, 0) is 24.9 Å². The zero-order valence-electron chi connectivity index (χ0n) is 28.0. The van der Waals surface area contributed by atoms with Gasteiger partial charge in [-0.05, 0) is 71.1 Å². The summed E-state index contributed by atoms with van der Waals surface area (Å²) in [4.78, 5) is 11.7. The first kappa shape index (κ1) is 34.0. The van der Waals surface area contributed by atoms with E-state index in [2.05, 4.69) is 108 Å². The number of tetrazole rings is 1. The molecule has 0 aliphatic carbocycles. The van der Waals surface area contributed by atoms with Crippen LogP contribution in [0.25, 0.3) is 17.5 Å². The molecule has 238 valence electrons. The molecule has 5 aromatic rings. The highest BCUT2D eigenvalue weighted by Gasteiger charge is 2.13. The van der Waals surface area contributed by atoms with Crippen molar-refractivity contribution in [3.63, 3.8) is 0 Å². The fourth-order valence-electron chi connectivity index (χ4n) is 5.15. The predicted octanol–water partition coefficient (Wildman–Crippen LogP) is 9.48. The summed E-state index contributed by atoms with van der Waals surface area (Å²) in [6.07, 6.45) is 7.26. The zero-order valence-corrected chi connectivity index (χ0v) is 28.0. The number of hydrogen-bond acceptors (Lipinski definition) is 5. The number of hydrogen-bond donors (Lipinski definition) is 1. The maximum atomic E-state index is 11.7. The van der Waals surface area contributed by atoms with Crippen LogP contribution in [-0.4, -0.2) is 26.4 Å². The van der Waals surface area contributed by atoms with E-state index in [1.807, 2.05) is 56.3 Å². The van der Waals surface area contributed by atoms with Crippen LogP contribution in [0.15, 0.2) is 103 Å². The number of ketones is 1. The van der Waals surface area contributed by atoms with E-state index < -0.39 is 0 Å². The van der Waals surface area contributed by atoms with Gasteiger partial charge in [0, 0.05) is 16.7 Å². The van der Waals surface area contributed by atoms with Crippen molar-refractivity contribution in [2.24, 2.45) is 5.92 Å². The van der Waals surface area contributed by atoms with Crippen molar-refractivity contribution in [3.8, 4) is 17.1 Å². The molecule has 1 atom stereocenters. The Kier molecular flexibility index (Phi) is 12.2. The van der Waals surface area contributed by atoms with Gasteiger partial charge < -0.3 is 4.74 Å². The molecule has 4 aromatic carbocycles. The molecule has 1 heterocycles. The van der Waals surface area contributed by atoms with E-state index >= 15 is 0 Å². The maximum Gasteiger partial charge on any atom is 0.204 e. The summed E-state index contributed by atoms with van der Waals surface area (Å²) in [6.45, 7) is 12.8. The molecule has 0 saturated carbocycles. The van der Waals surface area contributed by atoms with Crippen LogP contribution in [0.2, 0.25) is 0 Å². The Balaban J connectivity index is 0.00000235. The second kappa shape index (κ2) is 16.5. The van der Waals surface area contributed by atoms with Crippen molar-refractivity contribution in [1.82, 2.24) is 20.6 Å². The molecule has 0 bridgehead atoms. The molecule has 1 unspecified atom stereocenters.